The predicted octanol–water partition coefficient (Wildman–Crippen LogP) is 3.26. The summed E-state index contributed by atoms with van der Waals surface area (Å²) in [4.78, 5) is 11.2. The average molecular weight is 267 g/mol. The van der Waals surface area contributed by atoms with Crippen LogP contribution >= 0.6 is 0 Å². The molecule has 0 fully saturated rings. The Morgan fingerprint density at radius 2 is 1.95 bits per heavy atom. The number of rotatable bonds is 4. The lowest BCUT2D eigenvalue weighted by Gasteiger charge is -2.17. The molecule has 0 bridgehead atoms. The maximum atomic E-state index is 11.2. The van der Waals surface area contributed by atoms with Crippen LogP contribution in [0, 0.1) is 0 Å². The smallest absolute Gasteiger partial charge is 0.304 e. The van der Waals surface area contributed by atoms with E-state index in [1.807, 2.05) is 36.4 Å². The van der Waals surface area contributed by atoms with Crippen LogP contribution in [-0.4, -0.2) is 17.6 Å². The first kappa shape index (κ1) is 12.7. The first-order valence-corrected chi connectivity index (χ1v) is 6.87. The first-order chi connectivity index (χ1) is 9.74. The largest absolute Gasteiger partial charge is 0.481 e. The molecule has 0 saturated carbocycles. The van der Waals surface area contributed by atoms with Crippen LogP contribution in [0.4, 0.5) is 5.69 Å². The third kappa shape index (κ3) is 2.52. The molecule has 0 aromatic heterocycles. The summed E-state index contributed by atoms with van der Waals surface area (Å²) in [5, 5.41) is 12.5. The molecule has 0 spiro atoms. The van der Waals surface area contributed by atoms with Crippen molar-refractivity contribution in [1.82, 2.24) is 0 Å². The Labute approximate surface area is 118 Å². The maximum Gasteiger partial charge on any atom is 0.304 e. The lowest BCUT2D eigenvalue weighted by molar-refractivity contribution is -0.137. The van der Waals surface area contributed by atoms with E-state index in [1.54, 1.807) is 0 Å². The molecule has 20 heavy (non-hydrogen) atoms. The standard InChI is InChI=1S/C17H17NO2/c19-17(20)11-15(12-4-2-1-3-5-12)13-6-7-16-14(10-13)8-9-18-16/h1-7,10,15,18H,8-9,11H2,(H,19,20)/t15-/m1/s1. The molecule has 1 aliphatic heterocycles. The number of hydrogen-bond donors (Lipinski definition) is 2. The molecular formula is C17H17NO2. The minimum absolute atomic E-state index is 0.0837. The van der Waals surface area contributed by atoms with Crippen molar-refractivity contribution in [3.05, 3.63) is 65.2 Å². The second-order valence-electron chi connectivity index (χ2n) is 5.15. The van der Waals surface area contributed by atoms with Crippen LogP contribution < -0.4 is 5.32 Å². The second kappa shape index (κ2) is 5.37. The predicted molar refractivity (Wildman–Crippen MR) is 79.2 cm³/mol. The molecule has 2 aromatic rings. The monoisotopic (exact) mass is 267 g/mol. The third-order valence-electron chi connectivity index (χ3n) is 3.82. The van der Waals surface area contributed by atoms with Crippen LogP contribution in [0.25, 0.3) is 0 Å². The highest BCUT2D eigenvalue weighted by atomic mass is 16.4. The van der Waals surface area contributed by atoms with Crippen molar-refractivity contribution in [2.75, 3.05) is 11.9 Å². The normalized spacial score (nSPS) is 14.4. The van der Waals surface area contributed by atoms with Crippen molar-refractivity contribution in [3.8, 4) is 0 Å². The molecule has 1 heterocycles. The summed E-state index contributed by atoms with van der Waals surface area (Å²) in [5.41, 5.74) is 4.60. The number of aliphatic carboxylic acids is 1. The van der Waals surface area contributed by atoms with E-state index in [4.69, 9.17) is 0 Å². The van der Waals surface area contributed by atoms with Gasteiger partial charge in [-0.15, -0.1) is 0 Å². The molecule has 0 radical (unpaired) electrons. The summed E-state index contributed by atoms with van der Waals surface area (Å²) in [5.74, 6) is -0.850. The zero-order valence-electron chi connectivity index (χ0n) is 11.2. The minimum Gasteiger partial charge on any atom is -0.481 e. The van der Waals surface area contributed by atoms with Crippen LogP contribution in [0.5, 0.6) is 0 Å². The SMILES string of the molecule is O=C(O)C[C@H](c1ccccc1)c1ccc2c(c1)CCN2. The van der Waals surface area contributed by atoms with E-state index in [0.29, 0.717) is 0 Å². The molecule has 3 heteroatoms. The summed E-state index contributed by atoms with van der Waals surface area (Å²) in [6.07, 6.45) is 1.13. The number of carboxylic acids is 1. The number of carboxylic acid groups (broad SMARTS) is 1. The van der Waals surface area contributed by atoms with Crippen LogP contribution in [0.3, 0.4) is 0 Å². The molecule has 1 aliphatic rings. The molecule has 0 aliphatic carbocycles. The number of benzene rings is 2. The zero-order chi connectivity index (χ0) is 13.9. The summed E-state index contributed by atoms with van der Waals surface area (Å²) >= 11 is 0. The van der Waals surface area contributed by atoms with E-state index in [9.17, 15) is 9.90 Å². The van der Waals surface area contributed by atoms with Crippen molar-refractivity contribution in [2.45, 2.75) is 18.8 Å². The van der Waals surface area contributed by atoms with Gasteiger partial charge in [0.2, 0.25) is 0 Å². The Bertz CT molecular complexity index is 622. The number of nitrogens with one attached hydrogen (secondary N) is 1. The van der Waals surface area contributed by atoms with Gasteiger partial charge in [-0.1, -0.05) is 42.5 Å². The van der Waals surface area contributed by atoms with Gasteiger partial charge in [0.1, 0.15) is 0 Å². The van der Waals surface area contributed by atoms with Crippen molar-refractivity contribution < 1.29 is 9.90 Å². The fraction of sp³-hybridized carbons (Fsp3) is 0.235. The highest BCUT2D eigenvalue weighted by Gasteiger charge is 2.20. The van der Waals surface area contributed by atoms with E-state index in [0.717, 1.165) is 24.1 Å². The van der Waals surface area contributed by atoms with E-state index in [-0.39, 0.29) is 12.3 Å². The number of anilines is 1. The molecule has 0 unspecified atom stereocenters. The van der Waals surface area contributed by atoms with Crippen molar-refractivity contribution >= 4 is 11.7 Å². The van der Waals surface area contributed by atoms with E-state index in [2.05, 4.69) is 17.4 Å². The molecule has 3 nitrogen and oxygen atoms in total. The summed E-state index contributed by atoms with van der Waals surface area (Å²) < 4.78 is 0. The Kier molecular flexibility index (Phi) is 3.42. The van der Waals surface area contributed by atoms with Gasteiger partial charge < -0.3 is 10.4 Å². The van der Waals surface area contributed by atoms with Crippen molar-refractivity contribution in [2.24, 2.45) is 0 Å². The molecule has 3 rings (SSSR count). The fourth-order valence-electron chi connectivity index (χ4n) is 2.83. The van der Waals surface area contributed by atoms with Gasteiger partial charge >= 0.3 is 5.97 Å². The number of carbonyl (C=O) groups is 1. The van der Waals surface area contributed by atoms with Crippen LogP contribution in [0.15, 0.2) is 48.5 Å². The maximum absolute atomic E-state index is 11.2. The molecule has 1 atom stereocenters. The third-order valence-corrected chi connectivity index (χ3v) is 3.82. The summed E-state index contributed by atoms with van der Waals surface area (Å²) in [6, 6.07) is 16.1. The first-order valence-electron chi connectivity index (χ1n) is 6.87. The molecule has 0 saturated heterocycles. The van der Waals surface area contributed by atoms with Crippen LogP contribution in [0.2, 0.25) is 0 Å². The lowest BCUT2D eigenvalue weighted by Crippen LogP contribution is -2.08. The van der Waals surface area contributed by atoms with Gasteiger partial charge in [0.05, 0.1) is 6.42 Å². The van der Waals surface area contributed by atoms with Gasteiger partial charge in [0.25, 0.3) is 0 Å². The van der Waals surface area contributed by atoms with Crippen molar-refractivity contribution in [3.63, 3.8) is 0 Å². The molecule has 102 valence electrons. The van der Waals surface area contributed by atoms with Crippen LogP contribution in [-0.2, 0) is 11.2 Å². The minimum atomic E-state index is -0.766. The average Bonchev–Trinajstić information content (AvgIpc) is 2.93. The summed E-state index contributed by atoms with van der Waals surface area (Å²) in [7, 11) is 0. The highest BCUT2D eigenvalue weighted by Crippen LogP contribution is 2.32. The molecule has 0 amide bonds. The zero-order valence-corrected chi connectivity index (χ0v) is 11.2. The van der Waals surface area contributed by atoms with Crippen LogP contribution in [0.1, 0.15) is 29.0 Å². The van der Waals surface area contributed by atoms with Gasteiger partial charge in [0.15, 0.2) is 0 Å². The van der Waals surface area contributed by atoms with Gasteiger partial charge in [-0.25, -0.2) is 0 Å². The molecule has 2 aromatic carbocycles. The topological polar surface area (TPSA) is 49.3 Å². The highest BCUT2D eigenvalue weighted by molar-refractivity contribution is 5.69. The number of hydrogen-bond acceptors (Lipinski definition) is 2. The van der Waals surface area contributed by atoms with E-state index < -0.39 is 5.97 Å². The van der Waals surface area contributed by atoms with Gasteiger partial charge in [-0.3, -0.25) is 4.79 Å². The lowest BCUT2D eigenvalue weighted by atomic mass is 9.87. The fourth-order valence-corrected chi connectivity index (χ4v) is 2.83. The van der Waals surface area contributed by atoms with E-state index >= 15 is 0 Å². The molecular weight excluding hydrogens is 250 g/mol. The second-order valence-corrected chi connectivity index (χ2v) is 5.15. The Balaban J connectivity index is 1.99. The Morgan fingerprint density at radius 3 is 2.70 bits per heavy atom. The number of fused-ring (bicyclic) bond motifs is 1. The summed E-state index contributed by atoms with van der Waals surface area (Å²) in [6.45, 7) is 0.966. The van der Waals surface area contributed by atoms with Gasteiger partial charge in [-0.2, -0.15) is 0 Å². The van der Waals surface area contributed by atoms with Gasteiger partial charge in [-0.05, 0) is 29.2 Å². The Hall–Kier alpha value is -2.29. The molecule has 2 N–H and O–H groups in total. The van der Waals surface area contributed by atoms with Crippen molar-refractivity contribution in [1.29, 1.82) is 0 Å². The quantitative estimate of drug-likeness (QED) is 0.894. The van der Waals surface area contributed by atoms with Gasteiger partial charge in [0, 0.05) is 18.2 Å². The Morgan fingerprint density at radius 1 is 1.15 bits per heavy atom. The van der Waals surface area contributed by atoms with E-state index in [1.165, 1.54) is 11.3 Å².